The molecule has 0 aromatic heterocycles. The van der Waals surface area contributed by atoms with E-state index in [4.69, 9.17) is 10.6 Å². The molecule has 0 saturated carbocycles. The van der Waals surface area contributed by atoms with Crippen LogP contribution in [0.2, 0.25) is 0 Å². The van der Waals surface area contributed by atoms with Gasteiger partial charge in [0.05, 0.1) is 0 Å². The van der Waals surface area contributed by atoms with E-state index < -0.39 is 0 Å². The second kappa shape index (κ2) is 8.55. The molecular weight excluding hydrogens is 294 g/mol. The normalized spacial score (nSPS) is 9.96. The van der Waals surface area contributed by atoms with Gasteiger partial charge < -0.3 is 10.1 Å². The van der Waals surface area contributed by atoms with E-state index >= 15 is 0 Å². The molecule has 0 spiro atoms. The van der Waals surface area contributed by atoms with Crippen LogP contribution in [0, 0.1) is 0 Å². The average Bonchev–Trinajstić information content (AvgIpc) is 2.60. The monoisotopic (exact) mass is 313 g/mol. The second-order valence-corrected chi connectivity index (χ2v) is 4.87. The summed E-state index contributed by atoms with van der Waals surface area (Å²) in [5.41, 5.74) is 3.64. The summed E-state index contributed by atoms with van der Waals surface area (Å²) < 4.78 is 5.36. The number of rotatable bonds is 7. The zero-order chi connectivity index (χ0) is 16.5. The van der Waals surface area contributed by atoms with Crippen molar-refractivity contribution in [3.05, 3.63) is 65.7 Å². The van der Waals surface area contributed by atoms with Crippen LogP contribution in [0.1, 0.15) is 15.9 Å². The van der Waals surface area contributed by atoms with Crippen LogP contribution in [0.3, 0.4) is 0 Å². The molecule has 2 aromatic carbocycles. The van der Waals surface area contributed by atoms with Crippen LogP contribution in [-0.2, 0) is 11.2 Å². The van der Waals surface area contributed by atoms with E-state index in [0.717, 1.165) is 6.42 Å². The third-order valence-electron chi connectivity index (χ3n) is 3.20. The molecule has 0 bridgehead atoms. The lowest BCUT2D eigenvalue weighted by Gasteiger charge is -2.08. The van der Waals surface area contributed by atoms with E-state index in [1.165, 1.54) is 5.56 Å². The molecule has 0 aliphatic heterocycles. The third kappa shape index (κ3) is 5.44. The zero-order valence-electron chi connectivity index (χ0n) is 12.6. The minimum atomic E-state index is -0.379. The molecule has 6 heteroatoms. The first-order valence-electron chi connectivity index (χ1n) is 7.23. The Balaban J connectivity index is 1.70. The number of amides is 2. The van der Waals surface area contributed by atoms with Gasteiger partial charge in [-0.15, -0.1) is 0 Å². The van der Waals surface area contributed by atoms with Crippen molar-refractivity contribution < 1.29 is 14.3 Å². The van der Waals surface area contributed by atoms with E-state index in [1.54, 1.807) is 24.3 Å². The highest BCUT2D eigenvalue weighted by Gasteiger charge is 2.05. The highest BCUT2D eigenvalue weighted by molar-refractivity contribution is 5.93. The summed E-state index contributed by atoms with van der Waals surface area (Å²) in [6.07, 6.45) is 0.773. The second-order valence-electron chi connectivity index (χ2n) is 4.87. The molecule has 0 aliphatic carbocycles. The topological polar surface area (TPSA) is 93.4 Å². The fraction of sp³-hybridized carbons (Fsp3) is 0.176. The number of ether oxygens (including phenoxy) is 1. The molecule has 0 radical (unpaired) electrons. The minimum absolute atomic E-state index is 0.0722. The number of carbonyl (C=O) groups excluding carboxylic acids is 2. The van der Waals surface area contributed by atoms with Gasteiger partial charge in [-0.2, -0.15) is 0 Å². The first-order chi connectivity index (χ1) is 11.2. The molecule has 0 heterocycles. The van der Waals surface area contributed by atoms with Crippen LogP contribution in [0.25, 0.3) is 0 Å². The van der Waals surface area contributed by atoms with Gasteiger partial charge in [-0.1, -0.05) is 30.3 Å². The molecule has 6 nitrogen and oxygen atoms in total. The van der Waals surface area contributed by atoms with Crippen LogP contribution in [-0.4, -0.2) is 25.0 Å². The van der Waals surface area contributed by atoms with E-state index in [-0.39, 0.29) is 18.4 Å². The third-order valence-corrected chi connectivity index (χ3v) is 3.20. The Kier molecular flexibility index (Phi) is 6.14. The Labute approximate surface area is 134 Å². The van der Waals surface area contributed by atoms with Gasteiger partial charge in [-0.3, -0.25) is 15.0 Å². The molecule has 0 unspecified atom stereocenters. The first-order valence-corrected chi connectivity index (χ1v) is 7.23. The van der Waals surface area contributed by atoms with Crippen molar-refractivity contribution in [3.63, 3.8) is 0 Å². The summed E-state index contributed by atoms with van der Waals surface area (Å²) in [7, 11) is 0. The van der Waals surface area contributed by atoms with Gasteiger partial charge in [-0.25, -0.2) is 5.84 Å². The molecule has 0 saturated heterocycles. The van der Waals surface area contributed by atoms with Gasteiger partial charge >= 0.3 is 0 Å². The number of benzene rings is 2. The van der Waals surface area contributed by atoms with E-state index in [0.29, 0.717) is 17.9 Å². The smallest absolute Gasteiger partial charge is 0.265 e. The lowest BCUT2D eigenvalue weighted by Crippen LogP contribution is -2.30. The van der Waals surface area contributed by atoms with Crippen LogP contribution in [0.4, 0.5) is 0 Å². The van der Waals surface area contributed by atoms with Crippen LogP contribution >= 0.6 is 0 Å². The number of carbonyl (C=O) groups is 2. The van der Waals surface area contributed by atoms with Gasteiger partial charge in [0.1, 0.15) is 5.75 Å². The summed E-state index contributed by atoms with van der Waals surface area (Å²) >= 11 is 0. The fourth-order valence-corrected chi connectivity index (χ4v) is 1.98. The largest absolute Gasteiger partial charge is 0.484 e. The predicted molar refractivity (Wildman–Crippen MR) is 86.7 cm³/mol. The molecule has 0 atom stereocenters. The van der Waals surface area contributed by atoms with Crippen molar-refractivity contribution in [1.29, 1.82) is 0 Å². The molecule has 4 N–H and O–H groups in total. The highest BCUT2D eigenvalue weighted by Crippen LogP contribution is 2.11. The Hall–Kier alpha value is -2.86. The van der Waals surface area contributed by atoms with Crippen LogP contribution in [0.15, 0.2) is 54.6 Å². The Morgan fingerprint density at radius 2 is 1.70 bits per heavy atom. The molecule has 0 aliphatic rings. The van der Waals surface area contributed by atoms with Crippen molar-refractivity contribution in [2.24, 2.45) is 5.84 Å². The van der Waals surface area contributed by atoms with Crippen molar-refractivity contribution in [1.82, 2.24) is 10.7 Å². The summed E-state index contributed by atoms with van der Waals surface area (Å²) in [4.78, 5) is 23.0. The van der Waals surface area contributed by atoms with Crippen molar-refractivity contribution in [2.75, 3.05) is 13.2 Å². The average molecular weight is 313 g/mol. The molecule has 2 amide bonds. The van der Waals surface area contributed by atoms with Crippen LogP contribution < -0.4 is 21.3 Å². The van der Waals surface area contributed by atoms with Crippen molar-refractivity contribution in [2.45, 2.75) is 6.42 Å². The highest BCUT2D eigenvalue weighted by atomic mass is 16.5. The predicted octanol–water partition coefficient (Wildman–Crippen LogP) is 1.03. The maximum Gasteiger partial charge on any atom is 0.265 e. The number of nitrogen functional groups attached to an aromatic ring is 1. The van der Waals surface area contributed by atoms with E-state index in [9.17, 15) is 9.59 Å². The van der Waals surface area contributed by atoms with Gasteiger partial charge in [-0.05, 0) is 36.2 Å². The Morgan fingerprint density at radius 3 is 2.35 bits per heavy atom. The maximum atomic E-state index is 11.7. The lowest BCUT2D eigenvalue weighted by atomic mass is 10.1. The molecule has 0 fully saturated rings. The summed E-state index contributed by atoms with van der Waals surface area (Å²) in [5.74, 6) is 4.99. The molecule has 2 rings (SSSR count). The van der Waals surface area contributed by atoms with Crippen molar-refractivity contribution in [3.8, 4) is 5.75 Å². The SMILES string of the molecule is NNC(=O)c1ccc(OCC(=O)NCCc2ccccc2)cc1. The number of nitrogens with two attached hydrogens (primary N) is 1. The van der Waals surface area contributed by atoms with Crippen molar-refractivity contribution >= 4 is 11.8 Å². The standard InChI is InChI=1S/C17H19N3O3/c18-20-17(22)14-6-8-15(9-7-14)23-12-16(21)19-11-10-13-4-2-1-3-5-13/h1-9H,10-12,18H2,(H,19,21)(H,20,22). The number of hydrogen-bond donors (Lipinski definition) is 3. The minimum Gasteiger partial charge on any atom is -0.484 e. The fourth-order valence-electron chi connectivity index (χ4n) is 1.98. The van der Waals surface area contributed by atoms with Gasteiger partial charge in [0.25, 0.3) is 11.8 Å². The first kappa shape index (κ1) is 16.5. The molecular formula is C17H19N3O3. The maximum absolute atomic E-state index is 11.7. The van der Waals surface area contributed by atoms with Crippen LogP contribution in [0.5, 0.6) is 5.75 Å². The molecule has 120 valence electrons. The number of hydrogen-bond acceptors (Lipinski definition) is 4. The van der Waals surface area contributed by atoms with Gasteiger partial charge in [0.15, 0.2) is 6.61 Å². The quantitative estimate of drug-likeness (QED) is 0.404. The molecule has 23 heavy (non-hydrogen) atoms. The summed E-state index contributed by atoms with van der Waals surface area (Å²) in [6.45, 7) is 0.485. The van der Waals surface area contributed by atoms with Gasteiger partial charge in [0.2, 0.25) is 0 Å². The van der Waals surface area contributed by atoms with E-state index in [2.05, 4.69) is 5.32 Å². The summed E-state index contributed by atoms with van der Waals surface area (Å²) in [6, 6.07) is 16.3. The number of nitrogens with one attached hydrogen (secondary N) is 2. The summed E-state index contributed by atoms with van der Waals surface area (Å²) in [5, 5.41) is 2.80. The lowest BCUT2D eigenvalue weighted by molar-refractivity contribution is -0.123. The Morgan fingerprint density at radius 1 is 1.00 bits per heavy atom. The Bertz CT molecular complexity index is 642. The van der Waals surface area contributed by atoms with Gasteiger partial charge in [0, 0.05) is 12.1 Å². The molecule has 2 aromatic rings. The zero-order valence-corrected chi connectivity index (χ0v) is 12.6. The van der Waals surface area contributed by atoms with E-state index in [1.807, 2.05) is 35.8 Å². The number of hydrazine groups is 1.